The number of phenolic OH excluding ortho intramolecular Hbond substituents is 1. The fraction of sp³-hybridized carbons (Fsp3) is 0.308. The van der Waals surface area contributed by atoms with Crippen LogP contribution in [0.2, 0.25) is 0 Å². The Kier molecular flexibility index (Phi) is 3.72. The molecule has 2 N–H and O–H groups in total. The smallest absolute Gasteiger partial charge is 0.160 e. The molecule has 0 bridgehead atoms. The van der Waals surface area contributed by atoms with Crippen molar-refractivity contribution in [2.24, 2.45) is 0 Å². The van der Waals surface area contributed by atoms with Crippen molar-refractivity contribution >= 4 is 5.69 Å². The molecule has 0 aliphatic heterocycles. The predicted octanol–water partition coefficient (Wildman–Crippen LogP) is 2.23. The van der Waals surface area contributed by atoms with Crippen LogP contribution in [0, 0.1) is 0 Å². The summed E-state index contributed by atoms with van der Waals surface area (Å²) in [6.45, 7) is 3.52. The fourth-order valence-electron chi connectivity index (χ4n) is 1.68. The first-order valence-electron chi connectivity index (χ1n) is 5.85. The molecule has 5 heteroatoms. The first-order valence-corrected chi connectivity index (χ1v) is 5.85. The van der Waals surface area contributed by atoms with E-state index in [-0.39, 0.29) is 5.75 Å². The highest BCUT2D eigenvalue weighted by atomic mass is 16.5. The Bertz CT molecular complexity index is 523. The highest BCUT2D eigenvalue weighted by Gasteiger charge is 2.03. The van der Waals surface area contributed by atoms with Gasteiger partial charge in [-0.1, -0.05) is 6.07 Å². The van der Waals surface area contributed by atoms with Gasteiger partial charge < -0.3 is 15.2 Å². The van der Waals surface area contributed by atoms with Gasteiger partial charge in [0.25, 0.3) is 0 Å². The largest absolute Gasteiger partial charge is 0.504 e. The molecule has 18 heavy (non-hydrogen) atoms. The zero-order chi connectivity index (χ0) is 13.0. The van der Waals surface area contributed by atoms with Gasteiger partial charge in [-0.15, -0.1) is 0 Å². The zero-order valence-corrected chi connectivity index (χ0v) is 10.6. The lowest BCUT2D eigenvalue weighted by Crippen LogP contribution is -1.99. The number of nitrogens with one attached hydrogen (secondary N) is 1. The van der Waals surface area contributed by atoms with Gasteiger partial charge in [0, 0.05) is 19.3 Å². The van der Waals surface area contributed by atoms with Gasteiger partial charge in [0.1, 0.15) is 0 Å². The highest BCUT2D eigenvalue weighted by molar-refractivity contribution is 5.44. The molecule has 0 aliphatic rings. The Labute approximate surface area is 106 Å². The maximum atomic E-state index is 9.66. The lowest BCUT2D eigenvalue weighted by atomic mass is 10.2. The summed E-state index contributed by atoms with van der Waals surface area (Å²) in [6, 6.07) is 5.35. The number of ether oxygens (including phenoxy) is 1. The van der Waals surface area contributed by atoms with E-state index in [2.05, 4.69) is 10.4 Å². The molecule has 2 aromatic rings. The fourth-order valence-corrected chi connectivity index (χ4v) is 1.68. The average molecular weight is 247 g/mol. The van der Waals surface area contributed by atoms with Crippen molar-refractivity contribution in [3.05, 3.63) is 36.2 Å². The number of methoxy groups -OCH3 is 1. The molecule has 0 aliphatic carbocycles. The molecule has 0 atom stereocenters. The second kappa shape index (κ2) is 5.44. The molecule has 0 unspecified atom stereocenters. The molecular formula is C13H17N3O2. The number of aromatic nitrogens is 2. The summed E-state index contributed by atoms with van der Waals surface area (Å²) in [5, 5.41) is 17.1. The first-order chi connectivity index (χ1) is 8.72. The molecule has 1 aromatic heterocycles. The van der Waals surface area contributed by atoms with Crippen LogP contribution in [0.15, 0.2) is 30.6 Å². The van der Waals surface area contributed by atoms with Gasteiger partial charge in [0.05, 0.1) is 19.0 Å². The van der Waals surface area contributed by atoms with E-state index in [1.807, 2.05) is 23.9 Å². The number of anilines is 1. The first kappa shape index (κ1) is 12.3. The Morgan fingerprint density at radius 1 is 1.44 bits per heavy atom. The van der Waals surface area contributed by atoms with Crippen LogP contribution in [0.3, 0.4) is 0 Å². The Hall–Kier alpha value is -2.17. The van der Waals surface area contributed by atoms with E-state index < -0.39 is 0 Å². The van der Waals surface area contributed by atoms with Crippen molar-refractivity contribution in [2.75, 3.05) is 12.4 Å². The molecule has 5 nitrogen and oxygen atoms in total. The van der Waals surface area contributed by atoms with Gasteiger partial charge in [0.2, 0.25) is 0 Å². The minimum atomic E-state index is 0.154. The highest BCUT2D eigenvalue weighted by Crippen LogP contribution is 2.26. The Morgan fingerprint density at radius 3 is 2.89 bits per heavy atom. The Balaban J connectivity index is 1.99. The summed E-state index contributed by atoms with van der Waals surface area (Å²) in [5.41, 5.74) is 1.95. The molecule has 2 rings (SSSR count). The minimum absolute atomic E-state index is 0.154. The topological polar surface area (TPSA) is 59.3 Å². The van der Waals surface area contributed by atoms with Gasteiger partial charge in [-0.2, -0.15) is 5.10 Å². The van der Waals surface area contributed by atoms with E-state index in [1.54, 1.807) is 18.3 Å². The van der Waals surface area contributed by atoms with Crippen molar-refractivity contribution in [2.45, 2.75) is 20.0 Å². The summed E-state index contributed by atoms with van der Waals surface area (Å²) in [6.07, 6.45) is 3.73. The average Bonchev–Trinajstić information content (AvgIpc) is 2.84. The normalized spacial score (nSPS) is 10.3. The zero-order valence-electron chi connectivity index (χ0n) is 10.6. The third-order valence-corrected chi connectivity index (χ3v) is 2.70. The van der Waals surface area contributed by atoms with Crippen LogP contribution in [0.5, 0.6) is 11.5 Å². The summed E-state index contributed by atoms with van der Waals surface area (Å²) >= 11 is 0. The van der Waals surface area contributed by atoms with Crippen LogP contribution in [0.4, 0.5) is 5.69 Å². The molecule has 0 amide bonds. The van der Waals surface area contributed by atoms with Crippen LogP contribution < -0.4 is 10.1 Å². The number of aryl methyl sites for hydroxylation is 1. The molecule has 0 saturated carbocycles. The monoisotopic (exact) mass is 247 g/mol. The lowest BCUT2D eigenvalue weighted by molar-refractivity contribution is 0.373. The molecule has 0 radical (unpaired) electrons. The van der Waals surface area contributed by atoms with E-state index in [4.69, 9.17) is 4.74 Å². The number of hydrogen-bond donors (Lipinski definition) is 2. The van der Waals surface area contributed by atoms with Gasteiger partial charge in [-0.05, 0) is 24.6 Å². The van der Waals surface area contributed by atoms with E-state index in [9.17, 15) is 5.11 Å². The number of aromatic hydroxyl groups is 1. The third kappa shape index (κ3) is 2.74. The predicted molar refractivity (Wildman–Crippen MR) is 69.9 cm³/mol. The standard InChI is InChI=1S/C13H17N3O2/c1-3-16-9-11(8-15-16)14-7-10-4-5-13(18-2)12(17)6-10/h4-6,8-9,14,17H,3,7H2,1-2H3. The van der Waals surface area contributed by atoms with Crippen LogP contribution >= 0.6 is 0 Å². The SMILES string of the molecule is CCn1cc(NCc2ccc(OC)c(O)c2)cn1. The van der Waals surface area contributed by atoms with Crippen molar-refractivity contribution < 1.29 is 9.84 Å². The maximum absolute atomic E-state index is 9.66. The molecule has 1 heterocycles. The molecule has 0 saturated heterocycles. The molecule has 0 spiro atoms. The van der Waals surface area contributed by atoms with Crippen molar-refractivity contribution in [3.8, 4) is 11.5 Å². The van der Waals surface area contributed by atoms with Crippen LogP contribution in [-0.4, -0.2) is 22.0 Å². The summed E-state index contributed by atoms with van der Waals surface area (Å²) < 4.78 is 6.85. The van der Waals surface area contributed by atoms with Crippen molar-refractivity contribution in [1.82, 2.24) is 9.78 Å². The Morgan fingerprint density at radius 2 is 2.28 bits per heavy atom. The molecule has 96 valence electrons. The van der Waals surface area contributed by atoms with Crippen molar-refractivity contribution in [1.29, 1.82) is 0 Å². The molecule has 0 fully saturated rings. The minimum Gasteiger partial charge on any atom is -0.504 e. The number of nitrogens with zero attached hydrogens (tertiary/aromatic N) is 2. The van der Waals surface area contributed by atoms with Gasteiger partial charge in [-0.3, -0.25) is 4.68 Å². The number of benzene rings is 1. The number of rotatable bonds is 5. The second-order valence-electron chi connectivity index (χ2n) is 3.94. The number of phenols is 1. The molecule has 1 aromatic carbocycles. The van der Waals surface area contributed by atoms with Crippen LogP contribution in [0.25, 0.3) is 0 Å². The van der Waals surface area contributed by atoms with E-state index in [0.29, 0.717) is 12.3 Å². The van der Waals surface area contributed by atoms with Crippen molar-refractivity contribution in [3.63, 3.8) is 0 Å². The van der Waals surface area contributed by atoms with Gasteiger partial charge in [-0.25, -0.2) is 0 Å². The van der Waals surface area contributed by atoms with Gasteiger partial charge >= 0.3 is 0 Å². The maximum Gasteiger partial charge on any atom is 0.160 e. The summed E-state index contributed by atoms with van der Waals surface area (Å²) in [4.78, 5) is 0. The third-order valence-electron chi connectivity index (χ3n) is 2.70. The quantitative estimate of drug-likeness (QED) is 0.850. The lowest BCUT2D eigenvalue weighted by Gasteiger charge is -2.07. The summed E-state index contributed by atoms with van der Waals surface area (Å²) in [7, 11) is 1.53. The van der Waals surface area contributed by atoms with Crippen LogP contribution in [0.1, 0.15) is 12.5 Å². The van der Waals surface area contributed by atoms with E-state index in [0.717, 1.165) is 17.8 Å². The summed E-state index contributed by atoms with van der Waals surface area (Å²) in [5.74, 6) is 0.638. The number of hydrogen-bond acceptors (Lipinski definition) is 4. The van der Waals surface area contributed by atoms with E-state index >= 15 is 0 Å². The molecular weight excluding hydrogens is 230 g/mol. The second-order valence-corrected chi connectivity index (χ2v) is 3.94. The van der Waals surface area contributed by atoms with Gasteiger partial charge in [0.15, 0.2) is 11.5 Å². The van der Waals surface area contributed by atoms with Crippen LogP contribution in [-0.2, 0) is 13.1 Å². The van der Waals surface area contributed by atoms with E-state index in [1.165, 1.54) is 7.11 Å².